The highest BCUT2D eigenvalue weighted by atomic mass is 35.5. The van der Waals surface area contributed by atoms with Gasteiger partial charge < -0.3 is 10.5 Å². The molecule has 1 aromatic carbocycles. The van der Waals surface area contributed by atoms with Crippen LogP contribution in [-0.2, 0) is 5.41 Å². The predicted molar refractivity (Wildman–Crippen MR) is 74.7 cm³/mol. The molecule has 1 rings (SSSR count). The minimum absolute atomic E-state index is 0.0395. The Bertz CT molecular complexity index is 450. The third kappa shape index (κ3) is 3.24. The second-order valence-electron chi connectivity index (χ2n) is 5.25. The minimum atomic E-state index is -0.145. The molecule has 1 aromatic rings. The number of hydrogen-bond acceptors (Lipinski definition) is 3. The number of carbonyl (C=O) groups is 1. The summed E-state index contributed by atoms with van der Waals surface area (Å²) in [6.07, 6.45) is 0.292. The molecule has 0 aliphatic rings. The van der Waals surface area contributed by atoms with Crippen LogP contribution in [0.15, 0.2) is 12.1 Å². The summed E-state index contributed by atoms with van der Waals surface area (Å²) in [5, 5.41) is 0.543. The number of rotatable bonds is 4. The monoisotopic (exact) mass is 269 g/mol. The summed E-state index contributed by atoms with van der Waals surface area (Å²) in [5.74, 6) is 0.563. The molecule has 0 amide bonds. The fourth-order valence-electron chi connectivity index (χ4n) is 1.84. The quantitative estimate of drug-likeness (QED) is 0.854. The Hall–Kier alpha value is -1.06. The van der Waals surface area contributed by atoms with Crippen molar-refractivity contribution in [3.8, 4) is 5.75 Å². The molecule has 0 heterocycles. The number of benzene rings is 1. The maximum atomic E-state index is 12.0. The van der Waals surface area contributed by atoms with Gasteiger partial charge in [0.1, 0.15) is 5.75 Å². The van der Waals surface area contributed by atoms with E-state index in [1.54, 1.807) is 13.2 Å². The van der Waals surface area contributed by atoms with Crippen molar-refractivity contribution in [2.45, 2.75) is 32.6 Å². The number of carbonyl (C=O) groups excluding carboxylic acids is 1. The molecule has 0 unspecified atom stereocenters. The standard InChI is InChI=1S/C14H20ClNO2/c1-14(2,3)11-8-9(15)7-10(13(11)18-4)12(17)5-6-16/h7-8H,5-6,16H2,1-4H3. The predicted octanol–water partition coefficient (Wildman–Crippen LogP) is 3.18. The van der Waals surface area contributed by atoms with Gasteiger partial charge in [0, 0.05) is 17.0 Å². The maximum Gasteiger partial charge on any atom is 0.167 e. The SMILES string of the molecule is COc1c(C(=O)CCN)cc(Cl)cc1C(C)(C)C. The normalized spacial score (nSPS) is 11.4. The first-order valence-corrected chi connectivity index (χ1v) is 6.30. The molecule has 0 aliphatic carbocycles. The number of Topliss-reactive ketones (excluding diaryl/α,β-unsaturated/α-hetero) is 1. The average molecular weight is 270 g/mol. The first-order valence-electron chi connectivity index (χ1n) is 5.92. The molecular weight excluding hydrogens is 250 g/mol. The van der Waals surface area contributed by atoms with E-state index in [4.69, 9.17) is 22.1 Å². The van der Waals surface area contributed by atoms with E-state index >= 15 is 0 Å². The molecular formula is C14H20ClNO2. The topological polar surface area (TPSA) is 52.3 Å². The summed E-state index contributed by atoms with van der Waals surface area (Å²) in [5.41, 5.74) is 6.72. The van der Waals surface area contributed by atoms with Crippen LogP contribution in [-0.4, -0.2) is 19.4 Å². The summed E-state index contributed by atoms with van der Waals surface area (Å²) in [4.78, 5) is 12.0. The smallest absolute Gasteiger partial charge is 0.167 e. The van der Waals surface area contributed by atoms with Crippen molar-refractivity contribution in [2.75, 3.05) is 13.7 Å². The number of halogens is 1. The van der Waals surface area contributed by atoms with Gasteiger partial charge in [0.25, 0.3) is 0 Å². The first-order chi connectivity index (χ1) is 8.31. The number of ketones is 1. The van der Waals surface area contributed by atoms with Gasteiger partial charge in [-0.1, -0.05) is 32.4 Å². The van der Waals surface area contributed by atoms with Crippen LogP contribution in [0, 0.1) is 0 Å². The van der Waals surface area contributed by atoms with Crippen molar-refractivity contribution in [2.24, 2.45) is 5.73 Å². The van der Waals surface area contributed by atoms with Gasteiger partial charge in [-0.2, -0.15) is 0 Å². The highest BCUT2D eigenvalue weighted by molar-refractivity contribution is 6.31. The van der Waals surface area contributed by atoms with E-state index in [-0.39, 0.29) is 11.2 Å². The van der Waals surface area contributed by atoms with Gasteiger partial charge in [0.15, 0.2) is 5.78 Å². The molecule has 0 radical (unpaired) electrons. The second kappa shape index (κ2) is 5.72. The Morgan fingerprint density at radius 2 is 2.00 bits per heavy atom. The lowest BCUT2D eigenvalue weighted by Crippen LogP contribution is -2.16. The van der Waals surface area contributed by atoms with E-state index in [1.165, 1.54) is 0 Å². The van der Waals surface area contributed by atoms with E-state index in [0.29, 0.717) is 29.3 Å². The molecule has 0 saturated carbocycles. The number of hydrogen-bond donors (Lipinski definition) is 1. The van der Waals surface area contributed by atoms with Crippen molar-refractivity contribution in [1.29, 1.82) is 0 Å². The van der Waals surface area contributed by atoms with Gasteiger partial charge in [-0.3, -0.25) is 4.79 Å². The van der Waals surface area contributed by atoms with Gasteiger partial charge in [-0.05, 0) is 24.1 Å². The van der Waals surface area contributed by atoms with Crippen molar-refractivity contribution in [3.63, 3.8) is 0 Å². The zero-order valence-electron chi connectivity index (χ0n) is 11.3. The van der Waals surface area contributed by atoms with Crippen LogP contribution >= 0.6 is 11.6 Å². The van der Waals surface area contributed by atoms with Crippen molar-refractivity contribution in [1.82, 2.24) is 0 Å². The first kappa shape index (κ1) is 15.0. The molecule has 100 valence electrons. The van der Waals surface area contributed by atoms with E-state index in [0.717, 1.165) is 5.56 Å². The second-order valence-corrected chi connectivity index (χ2v) is 5.68. The third-order valence-corrected chi connectivity index (χ3v) is 2.96. The molecule has 0 saturated heterocycles. The molecule has 4 heteroatoms. The summed E-state index contributed by atoms with van der Waals surface area (Å²) >= 11 is 6.09. The molecule has 0 spiro atoms. The van der Waals surface area contributed by atoms with Gasteiger partial charge in [0.05, 0.1) is 12.7 Å². The molecule has 18 heavy (non-hydrogen) atoms. The maximum absolute atomic E-state index is 12.0. The van der Waals surface area contributed by atoms with Crippen molar-refractivity contribution in [3.05, 3.63) is 28.3 Å². The highest BCUT2D eigenvalue weighted by Crippen LogP contribution is 2.37. The largest absolute Gasteiger partial charge is 0.496 e. The van der Waals surface area contributed by atoms with Crippen LogP contribution in [0.4, 0.5) is 0 Å². The minimum Gasteiger partial charge on any atom is -0.496 e. The van der Waals surface area contributed by atoms with Crippen LogP contribution < -0.4 is 10.5 Å². The molecule has 0 aliphatic heterocycles. The van der Waals surface area contributed by atoms with Crippen LogP contribution in [0.5, 0.6) is 5.75 Å². The molecule has 0 aromatic heterocycles. The lowest BCUT2D eigenvalue weighted by molar-refractivity contribution is 0.0982. The van der Waals surface area contributed by atoms with E-state index < -0.39 is 0 Å². The average Bonchev–Trinajstić information content (AvgIpc) is 2.27. The fraction of sp³-hybridized carbons (Fsp3) is 0.500. The van der Waals surface area contributed by atoms with Gasteiger partial charge in [0.2, 0.25) is 0 Å². The third-order valence-electron chi connectivity index (χ3n) is 2.74. The van der Waals surface area contributed by atoms with Crippen LogP contribution in [0.3, 0.4) is 0 Å². The molecule has 0 bridgehead atoms. The number of ether oxygens (including phenoxy) is 1. The Morgan fingerprint density at radius 3 is 2.44 bits per heavy atom. The molecule has 3 nitrogen and oxygen atoms in total. The Labute approximate surface area is 113 Å². The summed E-state index contributed by atoms with van der Waals surface area (Å²) in [7, 11) is 1.57. The van der Waals surface area contributed by atoms with Gasteiger partial charge >= 0.3 is 0 Å². The highest BCUT2D eigenvalue weighted by Gasteiger charge is 2.24. The van der Waals surface area contributed by atoms with Crippen LogP contribution in [0.1, 0.15) is 43.1 Å². The van der Waals surface area contributed by atoms with E-state index in [9.17, 15) is 4.79 Å². The van der Waals surface area contributed by atoms with Gasteiger partial charge in [-0.15, -0.1) is 0 Å². The Morgan fingerprint density at radius 1 is 1.39 bits per heavy atom. The molecule has 0 fully saturated rings. The summed E-state index contributed by atoms with van der Waals surface area (Å²) < 4.78 is 5.41. The van der Waals surface area contributed by atoms with Crippen molar-refractivity contribution >= 4 is 17.4 Å². The lowest BCUT2D eigenvalue weighted by atomic mass is 9.84. The van der Waals surface area contributed by atoms with Crippen LogP contribution in [0.25, 0.3) is 0 Å². The zero-order chi connectivity index (χ0) is 13.9. The summed E-state index contributed by atoms with van der Waals surface area (Å²) in [6.45, 7) is 6.48. The lowest BCUT2D eigenvalue weighted by Gasteiger charge is -2.24. The van der Waals surface area contributed by atoms with Crippen LogP contribution in [0.2, 0.25) is 5.02 Å². The van der Waals surface area contributed by atoms with Crippen molar-refractivity contribution < 1.29 is 9.53 Å². The molecule has 0 atom stereocenters. The number of methoxy groups -OCH3 is 1. The zero-order valence-corrected chi connectivity index (χ0v) is 12.1. The number of nitrogens with two attached hydrogens (primary N) is 1. The fourth-order valence-corrected chi connectivity index (χ4v) is 2.06. The molecule has 2 N–H and O–H groups in total. The van der Waals surface area contributed by atoms with E-state index in [2.05, 4.69) is 20.8 Å². The Kier molecular flexibility index (Phi) is 4.77. The van der Waals surface area contributed by atoms with Gasteiger partial charge in [-0.25, -0.2) is 0 Å². The Balaban J connectivity index is 3.43. The van der Waals surface area contributed by atoms with E-state index in [1.807, 2.05) is 6.07 Å². The summed E-state index contributed by atoms with van der Waals surface area (Å²) in [6, 6.07) is 3.49.